The molecule has 7 nitrogen and oxygen atoms in total. The van der Waals surface area contributed by atoms with Gasteiger partial charge in [-0.05, 0) is 18.2 Å². The average Bonchev–Trinajstić information content (AvgIpc) is 2.42. The van der Waals surface area contributed by atoms with Crippen molar-refractivity contribution in [1.29, 1.82) is 0 Å². The van der Waals surface area contributed by atoms with Crippen LogP contribution < -0.4 is 4.74 Å². The summed E-state index contributed by atoms with van der Waals surface area (Å²) < 4.78 is 5.97. The van der Waals surface area contributed by atoms with Crippen LogP contribution in [0.1, 0.15) is 10.4 Å². The molecule has 9 heteroatoms. The third-order valence-electron chi connectivity index (χ3n) is 2.38. The van der Waals surface area contributed by atoms with E-state index in [1.165, 1.54) is 6.07 Å². The molecular formula is C12H6BrClN2O5. The second-order valence-corrected chi connectivity index (χ2v) is 5.11. The van der Waals surface area contributed by atoms with Gasteiger partial charge in [-0.2, -0.15) is 0 Å². The number of carboxylic acid groups (broad SMARTS) is 1. The van der Waals surface area contributed by atoms with E-state index in [0.717, 1.165) is 12.3 Å². The van der Waals surface area contributed by atoms with E-state index in [1.807, 2.05) is 0 Å². The molecule has 0 aliphatic rings. The summed E-state index contributed by atoms with van der Waals surface area (Å²) in [6.07, 6.45) is 0.969. The standard InChI is InChI=1S/C12H6BrClN2O5/c13-7-1-2-8(14)10(4-7)21-11-9(16(19)20)3-6(5-15-11)12(17)18/h1-5H,(H,17,18). The Labute approximate surface area is 131 Å². The highest BCUT2D eigenvalue weighted by Gasteiger charge is 2.21. The number of hydrogen-bond acceptors (Lipinski definition) is 5. The zero-order valence-corrected chi connectivity index (χ0v) is 12.5. The molecule has 108 valence electrons. The van der Waals surface area contributed by atoms with E-state index in [2.05, 4.69) is 20.9 Å². The first kappa shape index (κ1) is 15.2. The molecule has 0 aliphatic carbocycles. The van der Waals surface area contributed by atoms with E-state index < -0.39 is 16.6 Å². The first-order valence-corrected chi connectivity index (χ1v) is 6.56. The van der Waals surface area contributed by atoms with E-state index in [9.17, 15) is 14.9 Å². The van der Waals surface area contributed by atoms with Crippen molar-refractivity contribution in [3.63, 3.8) is 0 Å². The molecule has 1 aromatic carbocycles. The number of carboxylic acids is 1. The fraction of sp³-hybridized carbons (Fsp3) is 0. The number of aromatic carboxylic acids is 1. The zero-order valence-electron chi connectivity index (χ0n) is 10.1. The first-order valence-electron chi connectivity index (χ1n) is 5.39. The predicted octanol–water partition coefficient (Wildman–Crippen LogP) is 3.90. The third-order valence-corrected chi connectivity index (χ3v) is 3.18. The van der Waals surface area contributed by atoms with Gasteiger partial charge in [-0.3, -0.25) is 10.1 Å². The normalized spacial score (nSPS) is 10.2. The third kappa shape index (κ3) is 3.47. The van der Waals surface area contributed by atoms with E-state index in [0.29, 0.717) is 4.47 Å². The fourth-order valence-corrected chi connectivity index (χ4v) is 1.92. The molecule has 1 aromatic heterocycles. The van der Waals surface area contributed by atoms with Gasteiger partial charge in [0.1, 0.15) is 5.75 Å². The Morgan fingerprint density at radius 1 is 1.43 bits per heavy atom. The van der Waals surface area contributed by atoms with Crippen LogP contribution in [-0.4, -0.2) is 21.0 Å². The quantitative estimate of drug-likeness (QED) is 0.644. The smallest absolute Gasteiger partial charge is 0.337 e. The zero-order chi connectivity index (χ0) is 15.6. The highest BCUT2D eigenvalue weighted by molar-refractivity contribution is 9.10. The van der Waals surface area contributed by atoms with Gasteiger partial charge in [0.25, 0.3) is 5.88 Å². The van der Waals surface area contributed by atoms with Gasteiger partial charge in [0.15, 0.2) is 0 Å². The lowest BCUT2D eigenvalue weighted by molar-refractivity contribution is -0.386. The molecule has 0 amide bonds. The van der Waals surface area contributed by atoms with Crippen LogP contribution in [-0.2, 0) is 0 Å². The van der Waals surface area contributed by atoms with Crippen molar-refractivity contribution in [2.24, 2.45) is 0 Å². The molecule has 1 heterocycles. The summed E-state index contributed by atoms with van der Waals surface area (Å²) >= 11 is 9.14. The Balaban J connectivity index is 2.46. The molecule has 21 heavy (non-hydrogen) atoms. The Morgan fingerprint density at radius 2 is 2.14 bits per heavy atom. The molecule has 0 spiro atoms. The Hall–Kier alpha value is -2.19. The Bertz CT molecular complexity index is 738. The molecule has 0 unspecified atom stereocenters. The molecule has 0 bridgehead atoms. The van der Waals surface area contributed by atoms with Crippen molar-refractivity contribution in [1.82, 2.24) is 4.98 Å². The summed E-state index contributed by atoms with van der Waals surface area (Å²) in [5, 5.41) is 20.0. The van der Waals surface area contributed by atoms with Crippen LogP contribution >= 0.6 is 27.5 Å². The highest BCUT2D eigenvalue weighted by Crippen LogP contribution is 2.35. The summed E-state index contributed by atoms with van der Waals surface area (Å²) in [6, 6.07) is 5.60. The van der Waals surface area contributed by atoms with Gasteiger partial charge in [0, 0.05) is 16.7 Å². The number of hydrogen-bond donors (Lipinski definition) is 1. The van der Waals surface area contributed by atoms with Gasteiger partial charge in [-0.25, -0.2) is 9.78 Å². The molecule has 0 radical (unpaired) electrons. The number of nitrogens with zero attached hydrogens (tertiary/aromatic N) is 2. The maximum absolute atomic E-state index is 11.0. The molecule has 0 aliphatic heterocycles. The van der Waals surface area contributed by atoms with Crippen molar-refractivity contribution < 1.29 is 19.6 Å². The molecule has 1 N–H and O–H groups in total. The van der Waals surface area contributed by atoms with Crippen LogP contribution in [0.4, 0.5) is 5.69 Å². The highest BCUT2D eigenvalue weighted by atomic mass is 79.9. The number of carbonyl (C=O) groups is 1. The lowest BCUT2D eigenvalue weighted by atomic mass is 10.2. The van der Waals surface area contributed by atoms with Crippen molar-refractivity contribution in [2.45, 2.75) is 0 Å². The van der Waals surface area contributed by atoms with Crippen LogP contribution in [0.3, 0.4) is 0 Å². The van der Waals surface area contributed by atoms with E-state index in [-0.39, 0.29) is 22.2 Å². The number of rotatable bonds is 4. The Kier molecular flexibility index (Phi) is 4.39. The molecule has 0 fully saturated rings. The van der Waals surface area contributed by atoms with Gasteiger partial charge in [0.05, 0.1) is 15.5 Å². The van der Waals surface area contributed by atoms with Crippen molar-refractivity contribution in [3.8, 4) is 11.6 Å². The van der Waals surface area contributed by atoms with Crippen molar-refractivity contribution >= 4 is 39.2 Å². The Morgan fingerprint density at radius 3 is 2.76 bits per heavy atom. The molecule has 0 saturated carbocycles. The number of pyridine rings is 1. The second kappa shape index (κ2) is 6.06. The topological polar surface area (TPSA) is 103 Å². The lowest BCUT2D eigenvalue weighted by Gasteiger charge is -2.07. The van der Waals surface area contributed by atoms with Crippen molar-refractivity contribution in [2.75, 3.05) is 0 Å². The number of benzene rings is 1. The molecule has 0 saturated heterocycles. The predicted molar refractivity (Wildman–Crippen MR) is 77.1 cm³/mol. The fourth-order valence-electron chi connectivity index (χ4n) is 1.43. The van der Waals surface area contributed by atoms with Gasteiger partial charge in [-0.15, -0.1) is 0 Å². The minimum Gasteiger partial charge on any atom is -0.478 e. The van der Waals surface area contributed by atoms with Crippen LogP contribution in [0, 0.1) is 10.1 Å². The minimum atomic E-state index is -1.32. The number of aromatic nitrogens is 1. The number of nitro groups is 1. The summed E-state index contributed by atoms with van der Waals surface area (Å²) in [5.74, 6) is -1.51. The van der Waals surface area contributed by atoms with E-state index in [4.69, 9.17) is 21.4 Å². The van der Waals surface area contributed by atoms with Crippen molar-refractivity contribution in [3.05, 3.63) is 55.6 Å². The van der Waals surface area contributed by atoms with E-state index in [1.54, 1.807) is 12.1 Å². The van der Waals surface area contributed by atoms with Gasteiger partial charge in [0.2, 0.25) is 0 Å². The molecular weight excluding hydrogens is 367 g/mol. The average molecular weight is 374 g/mol. The summed E-state index contributed by atoms with van der Waals surface area (Å²) in [4.78, 5) is 24.7. The summed E-state index contributed by atoms with van der Waals surface area (Å²) in [6.45, 7) is 0. The molecule has 2 rings (SSSR count). The number of halogens is 2. The maximum atomic E-state index is 11.0. The SMILES string of the molecule is O=C(O)c1cnc(Oc2cc(Br)ccc2Cl)c([N+](=O)[O-])c1. The van der Waals surface area contributed by atoms with Gasteiger partial charge >= 0.3 is 11.7 Å². The van der Waals surface area contributed by atoms with Crippen LogP contribution in [0.15, 0.2) is 34.9 Å². The van der Waals surface area contributed by atoms with Crippen LogP contribution in [0.5, 0.6) is 11.6 Å². The minimum absolute atomic E-state index is 0.157. The first-order chi connectivity index (χ1) is 9.88. The molecule has 2 aromatic rings. The van der Waals surface area contributed by atoms with E-state index >= 15 is 0 Å². The monoisotopic (exact) mass is 372 g/mol. The molecule has 0 atom stereocenters. The maximum Gasteiger partial charge on any atom is 0.337 e. The summed E-state index contributed by atoms with van der Waals surface area (Å²) in [5.41, 5.74) is -0.875. The number of ether oxygens (including phenoxy) is 1. The largest absolute Gasteiger partial charge is 0.478 e. The van der Waals surface area contributed by atoms with Gasteiger partial charge in [-0.1, -0.05) is 27.5 Å². The van der Waals surface area contributed by atoms with Crippen LogP contribution in [0.25, 0.3) is 0 Å². The second-order valence-electron chi connectivity index (χ2n) is 3.79. The summed E-state index contributed by atoms with van der Waals surface area (Å²) in [7, 11) is 0. The van der Waals surface area contributed by atoms with Crippen LogP contribution in [0.2, 0.25) is 5.02 Å². The lowest BCUT2D eigenvalue weighted by Crippen LogP contribution is -2.02. The van der Waals surface area contributed by atoms with Gasteiger partial charge < -0.3 is 9.84 Å².